The van der Waals surface area contributed by atoms with Gasteiger partial charge in [0.2, 0.25) is 0 Å². The summed E-state index contributed by atoms with van der Waals surface area (Å²) in [5, 5.41) is 3.02. The fourth-order valence-corrected chi connectivity index (χ4v) is 4.47. The minimum Gasteiger partial charge on any atom is -0.0904 e. The SMILES string of the molecule is c1ccc(PCCCCCCPc2ccccc2)cc1. The summed E-state index contributed by atoms with van der Waals surface area (Å²) in [6, 6.07) is 21.8. The molecule has 0 N–H and O–H groups in total. The smallest absolute Gasteiger partial charge is 0.0271 e. The number of benzene rings is 2. The van der Waals surface area contributed by atoms with E-state index in [1.165, 1.54) is 48.6 Å². The number of unbranched alkanes of at least 4 members (excludes halogenated alkanes) is 3. The monoisotopic (exact) mass is 302 g/mol. The van der Waals surface area contributed by atoms with Crippen LogP contribution in [0, 0.1) is 0 Å². The van der Waals surface area contributed by atoms with E-state index in [1.54, 1.807) is 0 Å². The molecule has 0 heterocycles. The molecule has 2 rings (SSSR count). The van der Waals surface area contributed by atoms with E-state index in [2.05, 4.69) is 60.7 Å². The van der Waals surface area contributed by atoms with E-state index in [-0.39, 0.29) is 0 Å². The van der Waals surface area contributed by atoms with Crippen molar-refractivity contribution in [2.24, 2.45) is 0 Å². The van der Waals surface area contributed by atoms with Gasteiger partial charge in [-0.3, -0.25) is 0 Å². The Labute approximate surface area is 127 Å². The molecule has 0 saturated heterocycles. The summed E-state index contributed by atoms with van der Waals surface area (Å²) in [5.41, 5.74) is 0. The predicted molar refractivity (Wildman–Crippen MR) is 97.0 cm³/mol. The van der Waals surface area contributed by atoms with Gasteiger partial charge in [-0.1, -0.05) is 90.7 Å². The highest BCUT2D eigenvalue weighted by molar-refractivity contribution is 7.47. The van der Waals surface area contributed by atoms with Crippen molar-refractivity contribution in [3.05, 3.63) is 60.7 Å². The number of hydrogen-bond donors (Lipinski definition) is 0. The van der Waals surface area contributed by atoms with Gasteiger partial charge in [-0.05, 0) is 35.8 Å². The second kappa shape index (κ2) is 10.1. The highest BCUT2D eigenvalue weighted by Crippen LogP contribution is 2.16. The fraction of sp³-hybridized carbons (Fsp3) is 0.333. The third-order valence-electron chi connectivity index (χ3n) is 3.31. The third-order valence-corrected chi connectivity index (χ3v) is 6.00. The minimum absolute atomic E-state index is 0.996. The average Bonchev–Trinajstić information content (AvgIpc) is 2.52. The molecule has 2 heteroatoms. The van der Waals surface area contributed by atoms with Crippen molar-refractivity contribution in [1.29, 1.82) is 0 Å². The molecule has 0 aliphatic rings. The first-order valence-corrected chi connectivity index (χ1v) is 9.94. The van der Waals surface area contributed by atoms with Crippen molar-refractivity contribution in [2.75, 3.05) is 12.3 Å². The average molecular weight is 302 g/mol. The summed E-state index contributed by atoms with van der Waals surface area (Å²) in [6.45, 7) is 0. The second-order valence-electron chi connectivity index (χ2n) is 5.00. The molecule has 0 aromatic heterocycles. The standard InChI is InChI=1S/C18H24P2/c1(9-15-19-17-11-5-3-6-12-17)2-10-16-20-18-13-7-4-8-14-18/h3-8,11-14,19-20H,1-2,9-10,15-16H2. The van der Waals surface area contributed by atoms with Crippen LogP contribution in [-0.4, -0.2) is 12.3 Å². The maximum Gasteiger partial charge on any atom is -0.0271 e. The van der Waals surface area contributed by atoms with Crippen molar-refractivity contribution >= 4 is 27.8 Å². The number of rotatable bonds is 9. The lowest BCUT2D eigenvalue weighted by molar-refractivity contribution is 0.710. The molecular formula is C18H24P2. The maximum absolute atomic E-state index is 2.25. The van der Waals surface area contributed by atoms with Crippen LogP contribution in [0.25, 0.3) is 0 Å². The van der Waals surface area contributed by atoms with Gasteiger partial charge < -0.3 is 0 Å². The summed E-state index contributed by atoms with van der Waals surface area (Å²) in [6.07, 6.45) is 8.32. The van der Waals surface area contributed by atoms with Gasteiger partial charge in [-0.25, -0.2) is 0 Å². The zero-order valence-corrected chi connectivity index (χ0v) is 14.0. The van der Waals surface area contributed by atoms with Crippen molar-refractivity contribution in [3.63, 3.8) is 0 Å². The summed E-state index contributed by atoms with van der Waals surface area (Å²) >= 11 is 0. The highest BCUT2D eigenvalue weighted by Gasteiger charge is 1.95. The quantitative estimate of drug-likeness (QED) is 0.471. The molecule has 2 aromatic carbocycles. The Hall–Kier alpha value is -0.700. The Kier molecular flexibility index (Phi) is 7.91. The van der Waals surface area contributed by atoms with Crippen LogP contribution in [-0.2, 0) is 0 Å². The highest BCUT2D eigenvalue weighted by atomic mass is 31.1. The molecule has 106 valence electrons. The molecule has 0 amide bonds. The van der Waals surface area contributed by atoms with Crippen LogP contribution < -0.4 is 10.6 Å². The lowest BCUT2D eigenvalue weighted by Crippen LogP contribution is -1.94. The zero-order chi connectivity index (χ0) is 13.9. The number of hydrogen-bond acceptors (Lipinski definition) is 0. The molecule has 0 aliphatic heterocycles. The zero-order valence-electron chi connectivity index (χ0n) is 12.0. The lowest BCUT2D eigenvalue weighted by Gasteiger charge is -2.03. The van der Waals surface area contributed by atoms with Crippen molar-refractivity contribution < 1.29 is 0 Å². The Balaban J connectivity index is 1.44. The predicted octanol–water partition coefficient (Wildman–Crippen LogP) is 4.55. The van der Waals surface area contributed by atoms with Gasteiger partial charge >= 0.3 is 0 Å². The van der Waals surface area contributed by atoms with Gasteiger partial charge in [0.05, 0.1) is 0 Å². The molecule has 2 atom stereocenters. The first kappa shape index (κ1) is 15.7. The molecule has 0 bridgehead atoms. The van der Waals surface area contributed by atoms with Gasteiger partial charge in [0.1, 0.15) is 0 Å². The van der Waals surface area contributed by atoms with Crippen LogP contribution in [0.2, 0.25) is 0 Å². The van der Waals surface area contributed by atoms with Crippen LogP contribution >= 0.6 is 17.2 Å². The maximum atomic E-state index is 2.25. The second-order valence-corrected chi connectivity index (χ2v) is 7.86. The van der Waals surface area contributed by atoms with Crippen LogP contribution in [0.5, 0.6) is 0 Å². The summed E-state index contributed by atoms with van der Waals surface area (Å²) in [7, 11) is 1.99. The lowest BCUT2D eigenvalue weighted by atomic mass is 10.2. The van der Waals surface area contributed by atoms with Gasteiger partial charge in [-0.2, -0.15) is 0 Å². The Morgan fingerprint density at radius 2 is 0.900 bits per heavy atom. The van der Waals surface area contributed by atoms with Gasteiger partial charge in [0, 0.05) is 0 Å². The molecule has 0 spiro atoms. The Morgan fingerprint density at radius 1 is 0.500 bits per heavy atom. The molecule has 0 radical (unpaired) electrons. The molecule has 0 fully saturated rings. The van der Waals surface area contributed by atoms with Crippen LogP contribution in [0.1, 0.15) is 25.7 Å². The van der Waals surface area contributed by atoms with Crippen molar-refractivity contribution in [3.8, 4) is 0 Å². The summed E-state index contributed by atoms with van der Waals surface area (Å²) < 4.78 is 0. The first-order chi connectivity index (χ1) is 9.95. The summed E-state index contributed by atoms with van der Waals surface area (Å²) in [5.74, 6) is 0. The van der Waals surface area contributed by atoms with E-state index in [0.717, 1.165) is 17.2 Å². The van der Waals surface area contributed by atoms with Crippen LogP contribution in [0.3, 0.4) is 0 Å². The van der Waals surface area contributed by atoms with Crippen molar-refractivity contribution in [1.82, 2.24) is 0 Å². The topological polar surface area (TPSA) is 0 Å². The molecular weight excluding hydrogens is 278 g/mol. The molecule has 0 nitrogen and oxygen atoms in total. The molecule has 2 aromatic rings. The summed E-state index contributed by atoms with van der Waals surface area (Å²) in [4.78, 5) is 0. The largest absolute Gasteiger partial charge is 0.0904 e. The van der Waals surface area contributed by atoms with E-state index >= 15 is 0 Å². The van der Waals surface area contributed by atoms with E-state index in [1.807, 2.05) is 0 Å². The van der Waals surface area contributed by atoms with E-state index in [0.29, 0.717) is 0 Å². The van der Waals surface area contributed by atoms with Gasteiger partial charge in [0.15, 0.2) is 0 Å². The fourth-order valence-electron chi connectivity index (χ4n) is 2.18. The van der Waals surface area contributed by atoms with Crippen LogP contribution in [0.15, 0.2) is 60.7 Å². The van der Waals surface area contributed by atoms with E-state index < -0.39 is 0 Å². The van der Waals surface area contributed by atoms with Crippen molar-refractivity contribution in [2.45, 2.75) is 25.7 Å². The normalized spacial score (nSPS) is 11.8. The molecule has 0 saturated carbocycles. The molecule has 0 aliphatic carbocycles. The Bertz CT molecular complexity index is 408. The van der Waals surface area contributed by atoms with Gasteiger partial charge in [-0.15, -0.1) is 0 Å². The third kappa shape index (κ3) is 6.65. The molecule has 20 heavy (non-hydrogen) atoms. The molecule has 2 unspecified atom stereocenters. The van der Waals surface area contributed by atoms with E-state index in [9.17, 15) is 0 Å². The van der Waals surface area contributed by atoms with E-state index in [4.69, 9.17) is 0 Å². The Morgan fingerprint density at radius 3 is 1.30 bits per heavy atom. The minimum atomic E-state index is 0.996. The van der Waals surface area contributed by atoms with Gasteiger partial charge in [0.25, 0.3) is 0 Å². The van der Waals surface area contributed by atoms with Crippen LogP contribution in [0.4, 0.5) is 0 Å². The first-order valence-electron chi connectivity index (χ1n) is 7.53.